The van der Waals surface area contributed by atoms with E-state index in [1.807, 2.05) is 33.4 Å². The van der Waals surface area contributed by atoms with E-state index in [1.165, 1.54) is 13.8 Å². The molecule has 0 saturated carbocycles. The van der Waals surface area contributed by atoms with Gasteiger partial charge in [0.05, 0.1) is 58.1 Å². The van der Waals surface area contributed by atoms with E-state index in [1.54, 1.807) is 70.2 Å². The Morgan fingerprint density at radius 1 is 0.435 bits per heavy atom. The Labute approximate surface area is 355 Å². The summed E-state index contributed by atoms with van der Waals surface area (Å²) >= 11 is 0. The summed E-state index contributed by atoms with van der Waals surface area (Å²) in [4.78, 5) is 96.9. The third kappa shape index (κ3) is 8.74. The number of rotatable bonds is 12. The molecule has 3 aromatic heterocycles. The van der Waals surface area contributed by atoms with E-state index in [-0.39, 0.29) is 57.1 Å². The Hall–Kier alpha value is -4.43. The van der Waals surface area contributed by atoms with Crippen LogP contribution in [0.1, 0.15) is 55.6 Å². The molecule has 0 saturated heterocycles. The maximum absolute atomic E-state index is 12.9. The Morgan fingerprint density at radius 2 is 0.774 bits per heavy atom. The molecule has 21 heteroatoms. The van der Waals surface area contributed by atoms with Crippen molar-refractivity contribution < 1.29 is 57.4 Å². The number of hydrogen-bond donors (Lipinski definition) is 8. The Kier molecular flexibility index (Phi) is 12.0. The van der Waals surface area contributed by atoms with Gasteiger partial charge in [-0.25, -0.2) is 15.0 Å². The lowest BCUT2D eigenvalue weighted by Gasteiger charge is -2.24. The topological polar surface area (TPSA) is 279 Å². The zero-order chi connectivity index (χ0) is 45.4. The highest BCUT2D eigenvalue weighted by Gasteiger charge is 2.33. The SMILES string of the molecule is Cc1c(Cn2c(-c3cccc(-c4nc5ccccc5n4Cc4c(C)c(CP(=O)(O)O)c(C)c(P(=O)(O)O)c4C)n3)nc3ccccc32)c(C)c(P(=O)(O)O)c(C)c1CP(=O)(O)O. The maximum Gasteiger partial charge on any atom is 0.356 e. The summed E-state index contributed by atoms with van der Waals surface area (Å²) in [6, 6.07) is 19.7. The standard InChI is InChI=1S/C41H45N5O12P4/c1-22-28(24(3)38(61(53,54)55)26(5)30(22)20-59(47,48)49)18-45-36-16-9-7-12-32(36)43-40(45)34-14-11-15-35(42-34)41-44-33-13-8-10-17-37(33)46(41)19-29-23(2)31(21-60(50,51)52)27(6)39(25(29)4)62(56,57)58/h7-17H,18-21H2,1-6H3,(H2,47,48,49)(H2,50,51,52)(H2,53,54,55)(H2,56,57,58). The van der Waals surface area contributed by atoms with E-state index in [4.69, 9.17) is 15.0 Å². The summed E-state index contributed by atoms with van der Waals surface area (Å²) in [5.74, 6) is 0.728. The molecule has 62 heavy (non-hydrogen) atoms. The average Bonchev–Trinajstić information content (AvgIpc) is 3.72. The fourth-order valence-corrected chi connectivity index (χ4v) is 12.8. The number of para-hydroxylation sites is 4. The number of fused-ring (bicyclic) bond motifs is 2. The van der Waals surface area contributed by atoms with E-state index in [2.05, 4.69) is 0 Å². The predicted octanol–water partition coefficient (Wildman–Crippen LogP) is 6.02. The molecule has 0 amide bonds. The lowest BCUT2D eigenvalue weighted by molar-refractivity contribution is 0.369. The molecule has 3 heterocycles. The van der Waals surface area contributed by atoms with Gasteiger partial charge < -0.3 is 48.3 Å². The molecule has 0 spiro atoms. The van der Waals surface area contributed by atoms with Crippen molar-refractivity contribution in [3.8, 4) is 23.0 Å². The van der Waals surface area contributed by atoms with Crippen LogP contribution in [0.2, 0.25) is 0 Å². The molecule has 0 aliphatic rings. The number of nitrogens with zero attached hydrogens (tertiary/aromatic N) is 5. The van der Waals surface area contributed by atoms with Crippen LogP contribution in [0.3, 0.4) is 0 Å². The van der Waals surface area contributed by atoms with E-state index < -0.39 is 42.7 Å². The molecule has 4 aromatic carbocycles. The molecule has 7 aromatic rings. The normalized spacial score (nSPS) is 12.9. The molecule has 17 nitrogen and oxygen atoms in total. The largest absolute Gasteiger partial charge is 0.356 e. The minimum Gasteiger partial charge on any atom is -0.324 e. The van der Waals surface area contributed by atoms with Crippen LogP contribution in [0.5, 0.6) is 0 Å². The molecular weight excluding hydrogens is 878 g/mol. The first-order valence-electron chi connectivity index (χ1n) is 19.1. The highest BCUT2D eigenvalue weighted by Crippen LogP contribution is 2.47. The van der Waals surface area contributed by atoms with Crippen molar-refractivity contribution in [1.29, 1.82) is 0 Å². The van der Waals surface area contributed by atoms with Crippen LogP contribution in [-0.4, -0.2) is 63.2 Å². The molecule has 0 aliphatic heterocycles. The Morgan fingerprint density at radius 3 is 1.11 bits per heavy atom. The van der Waals surface area contributed by atoms with Crippen LogP contribution in [0, 0.1) is 41.5 Å². The molecule has 0 radical (unpaired) electrons. The predicted molar refractivity (Wildman–Crippen MR) is 236 cm³/mol. The monoisotopic (exact) mass is 923 g/mol. The highest BCUT2D eigenvalue weighted by atomic mass is 31.2. The number of imidazole rings is 2. The first-order valence-corrected chi connectivity index (χ1v) is 25.9. The molecule has 0 aliphatic carbocycles. The Bertz CT molecular complexity index is 2970. The van der Waals surface area contributed by atoms with E-state index in [0.717, 1.165) is 0 Å². The van der Waals surface area contributed by atoms with Crippen LogP contribution in [0.4, 0.5) is 0 Å². The minimum atomic E-state index is -4.93. The minimum absolute atomic E-state index is 0.00972. The summed E-state index contributed by atoms with van der Waals surface area (Å²) < 4.78 is 54.1. The Balaban J connectivity index is 1.43. The molecule has 326 valence electrons. The summed E-state index contributed by atoms with van der Waals surface area (Å²) in [7, 11) is -19.2. The second kappa shape index (κ2) is 16.3. The van der Waals surface area contributed by atoms with Crippen LogP contribution < -0.4 is 10.6 Å². The van der Waals surface area contributed by atoms with Crippen molar-refractivity contribution in [2.75, 3.05) is 0 Å². The lowest BCUT2D eigenvalue weighted by atomic mass is 9.93. The summed E-state index contributed by atoms with van der Waals surface area (Å²) in [6.45, 7) is 9.36. The van der Waals surface area contributed by atoms with Crippen molar-refractivity contribution in [3.63, 3.8) is 0 Å². The molecule has 0 atom stereocenters. The quantitative estimate of drug-likeness (QED) is 0.0651. The lowest BCUT2D eigenvalue weighted by Crippen LogP contribution is -2.21. The highest BCUT2D eigenvalue weighted by molar-refractivity contribution is 7.60. The zero-order valence-corrected chi connectivity index (χ0v) is 38.0. The van der Waals surface area contributed by atoms with Crippen LogP contribution >= 0.6 is 30.4 Å². The zero-order valence-electron chi connectivity index (χ0n) is 34.4. The van der Waals surface area contributed by atoms with Gasteiger partial charge in [-0.1, -0.05) is 30.3 Å². The molecular formula is C41H45N5O12P4. The smallest absolute Gasteiger partial charge is 0.324 e. The fraction of sp³-hybridized carbons (Fsp3) is 0.244. The van der Waals surface area contributed by atoms with Gasteiger partial charge >= 0.3 is 30.4 Å². The van der Waals surface area contributed by atoms with Gasteiger partial charge in [0.15, 0.2) is 11.6 Å². The van der Waals surface area contributed by atoms with Gasteiger partial charge in [0.1, 0.15) is 11.4 Å². The van der Waals surface area contributed by atoms with Gasteiger partial charge in [0.25, 0.3) is 0 Å². The summed E-state index contributed by atoms with van der Waals surface area (Å²) in [6.07, 6.45) is -1.44. The van der Waals surface area contributed by atoms with Crippen molar-refractivity contribution in [2.24, 2.45) is 0 Å². The number of pyridine rings is 1. The van der Waals surface area contributed by atoms with Gasteiger partial charge in [0, 0.05) is 0 Å². The van der Waals surface area contributed by atoms with E-state index in [0.29, 0.717) is 67.4 Å². The van der Waals surface area contributed by atoms with E-state index >= 15 is 0 Å². The van der Waals surface area contributed by atoms with Crippen molar-refractivity contribution >= 4 is 63.1 Å². The molecule has 0 unspecified atom stereocenters. The average molecular weight is 924 g/mol. The fourth-order valence-electron chi connectivity index (χ4n) is 8.72. The van der Waals surface area contributed by atoms with Crippen LogP contribution in [0.15, 0.2) is 66.7 Å². The second-order valence-electron chi connectivity index (χ2n) is 15.5. The van der Waals surface area contributed by atoms with Crippen LogP contribution in [-0.2, 0) is 43.7 Å². The third-order valence-electron chi connectivity index (χ3n) is 11.5. The first kappa shape index (κ1) is 45.6. The van der Waals surface area contributed by atoms with Gasteiger partial charge in [-0.2, -0.15) is 0 Å². The number of benzene rings is 4. The number of hydrogen-bond acceptors (Lipinski definition) is 7. The van der Waals surface area contributed by atoms with Gasteiger partial charge in [0.2, 0.25) is 0 Å². The van der Waals surface area contributed by atoms with Crippen LogP contribution in [0.25, 0.3) is 45.1 Å². The van der Waals surface area contributed by atoms with E-state index in [9.17, 15) is 57.4 Å². The summed E-state index contributed by atoms with van der Waals surface area (Å²) in [5.41, 5.74) is 6.06. The second-order valence-corrected chi connectivity index (χ2v) is 21.9. The van der Waals surface area contributed by atoms with Crippen molar-refractivity contribution in [1.82, 2.24) is 24.1 Å². The van der Waals surface area contributed by atoms with Gasteiger partial charge in [-0.15, -0.1) is 0 Å². The van der Waals surface area contributed by atoms with Crippen molar-refractivity contribution in [3.05, 3.63) is 122 Å². The molecule has 0 bridgehead atoms. The molecule has 0 fully saturated rings. The van der Waals surface area contributed by atoms with Gasteiger partial charge in [-0.05, 0) is 134 Å². The first-order chi connectivity index (χ1) is 28.8. The molecule has 7 rings (SSSR count). The summed E-state index contributed by atoms with van der Waals surface area (Å²) in [5, 5.41) is -0.597. The van der Waals surface area contributed by atoms with Gasteiger partial charge in [-0.3, -0.25) is 18.3 Å². The molecule has 8 N–H and O–H groups in total. The third-order valence-corrected chi connectivity index (χ3v) is 15.5. The number of aromatic nitrogens is 5. The van der Waals surface area contributed by atoms with Crippen molar-refractivity contribution in [2.45, 2.75) is 67.0 Å². The maximum atomic E-state index is 12.9.